The Labute approximate surface area is 133 Å². The summed E-state index contributed by atoms with van der Waals surface area (Å²) >= 11 is 0. The molecule has 0 aromatic heterocycles. The van der Waals surface area contributed by atoms with Gasteiger partial charge in [0.25, 0.3) is 0 Å². The quantitative estimate of drug-likeness (QED) is 0.762. The first-order valence-corrected chi connectivity index (χ1v) is 8.24. The summed E-state index contributed by atoms with van der Waals surface area (Å²) in [5.41, 5.74) is -0.348. The van der Waals surface area contributed by atoms with Crippen molar-refractivity contribution in [3.8, 4) is 0 Å². The molecule has 1 unspecified atom stereocenters. The summed E-state index contributed by atoms with van der Waals surface area (Å²) in [5.74, 6) is 0.307. The van der Waals surface area contributed by atoms with E-state index in [0.29, 0.717) is 32.7 Å². The van der Waals surface area contributed by atoms with E-state index in [9.17, 15) is 9.59 Å². The van der Waals surface area contributed by atoms with Crippen LogP contribution < -0.4 is 0 Å². The molecule has 6 heteroatoms. The first kappa shape index (κ1) is 17.2. The number of carbonyl (C=O) groups excluding carboxylic acids is 2. The number of amides is 2. The van der Waals surface area contributed by atoms with Gasteiger partial charge in [-0.1, -0.05) is 0 Å². The highest BCUT2D eigenvalue weighted by Gasteiger charge is 2.42. The molecule has 0 bridgehead atoms. The van der Waals surface area contributed by atoms with E-state index < -0.39 is 0 Å². The molecule has 2 rings (SSSR count). The molecule has 2 heterocycles. The second-order valence-corrected chi connectivity index (χ2v) is 6.80. The number of likely N-dealkylation sites (tertiary alicyclic amines) is 1. The van der Waals surface area contributed by atoms with Gasteiger partial charge in [0.05, 0.1) is 19.7 Å². The van der Waals surface area contributed by atoms with Crippen LogP contribution in [0.25, 0.3) is 0 Å². The molecule has 0 N–H and O–H groups in total. The molecule has 126 valence electrons. The Kier molecular flexibility index (Phi) is 5.81. The van der Waals surface area contributed by atoms with Crippen LogP contribution in [0.3, 0.4) is 0 Å². The molecule has 2 fully saturated rings. The average Bonchev–Trinajstić information content (AvgIpc) is 2.46. The number of hydrogen-bond acceptors (Lipinski definition) is 4. The summed E-state index contributed by atoms with van der Waals surface area (Å²) < 4.78 is 6.01. The maximum Gasteiger partial charge on any atom is 0.222 e. The molecule has 1 atom stereocenters. The fourth-order valence-corrected chi connectivity index (χ4v) is 3.38. The Balaban J connectivity index is 1.90. The van der Waals surface area contributed by atoms with Gasteiger partial charge in [-0.2, -0.15) is 0 Å². The molecule has 0 aromatic carbocycles. The summed E-state index contributed by atoms with van der Waals surface area (Å²) in [7, 11) is 4.04. The van der Waals surface area contributed by atoms with E-state index in [0.717, 1.165) is 32.4 Å². The number of ether oxygens (including phenoxy) is 1. The minimum absolute atomic E-state index is 0.0945. The number of morpholine rings is 1. The van der Waals surface area contributed by atoms with E-state index in [2.05, 4.69) is 4.90 Å². The molecule has 22 heavy (non-hydrogen) atoms. The topological polar surface area (TPSA) is 53.1 Å². The molecule has 2 aliphatic heterocycles. The van der Waals surface area contributed by atoms with Crippen molar-refractivity contribution in [2.75, 3.05) is 53.4 Å². The van der Waals surface area contributed by atoms with Crippen molar-refractivity contribution >= 4 is 11.8 Å². The van der Waals surface area contributed by atoms with Crippen LogP contribution >= 0.6 is 0 Å². The second kappa shape index (κ2) is 7.42. The predicted octanol–water partition coefficient (Wildman–Crippen LogP) is 0.568. The van der Waals surface area contributed by atoms with Crippen LogP contribution in [-0.2, 0) is 14.3 Å². The molecular weight excluding hydrogens is 282 g/mol. The molecule has 0 saturated carbocycles. The SMILES string of the molecule is CC(=O)N1CCCC2(C1)CN(C(=O)CCCN(C)C)CCO2. The number of carbonyl (C=O) groups is 2. The third-order valence-corrected chi connectivity index (χ3v) is 4.58. The van der Waals surface area contributed by atoms with Crippen LogP contribution in [0.4, 0.5) is 0 Å². The van der Waals surface area contributed by atoms with Crippen LogP contribution in [0.1, 0.15) is 32.6 Å². The Morgan fingerprint density at radius 1 is 1.18 bits per heavy atom. The van der Waals surface area contributed by atoms with Crippen molar-refractivity contribution in [3.63, 3.8) is 0 Å². The highest BCUT2D eigenvalue weighted by atomic mass is 16.5. The standard InChI is InChI=1S/C16H29N3O3/c1-14(20)18-9-5-7-16(12-18)13-19(10-11-22-16)15(21)6-4-8-17(2)3/h4-13H2,1-3H3. The molecule has 0 aromatic rings. The third-order valence-electron chi connectivity index (χ3n) is 4.58. The summed E-state index contributed by atoms with van der Waals surface area (Å²) in [6.07, 6.45) is 3.35. The van der Waals surface area contributed by atoms with E-state index in [-0.39, 0.29) is 17.4 Å². The lowest BCUT2D eigenvalue weighted by atomic mass is 9.90. The van der Waals surface area contributed by atoms with Gasteiger partial charge in [-0.05, 0) is 39.9 Å². The van der Waals surface area contributed by atoms with Crippen molar-refractivity contribution in [1.29, 1.82) is 0 Å². The molecule has 0 radical (unpaired) electrons. The van der Waals surface area contributed by atoms with Gasteiger partial charge in [0.1, 0.15) is 5.60 Å². The monoisotopic (exact) mass is 311 g/mol. The van der Waals surface area contributed by atoms with E-state index in [1.165, 1.54) is 0 Å². The maximum atomic E-state index is 12.4. The van der Waals surface area contributed by atoms with Gasteiger partial charge in [0.2, 0.25) is 11.8 Å². The smallest absolute Gasteiger partial charge is 0.222 e. The Hall–Kier alpha value is -1.14. The van der Waals surface area contributed by atoms with Gasteiger partial charge in [0.15, 0.2) is 0 Å². The van der Waals surface area contributed by atoms with Crippen LogP contribution in [0.5, 0.6) is 0 Å². The maximum absolute atomic E-state index is 12.4. The van der Waals surface area contributed by atoms with E-state index >= 15 is 0 Å². The summed E-state index contributed by atoms with van der Waals surface area (Å²) in [6.45, 7) is 5.82. The third kappa shape index (κ3) is 4.43. The highest BCUT2D eigenvalue weighted by Crippen LogP contribution is 2.29. The second-order valence-electron chi connectivity index (χ2n) is 6.80. The largest absolute Gasteiger partial charge is 0.369 e. The van der Waals surface area contributed by atoms with Crippen molar-refractivity contribution in [3.05, 3.63) is 0 Å². The number of rotatable bonds is 4. The average molecular weight is 311 g/mol. The van der Waals surface area contributed by atoms with Gasteiger partial charge in [-0.3, -0.25) is 9.59 Å². The van der Waals surface area contributed by atoms with E-state index in [1.807, 2.05) is 23.9 Å². The molecule has 2 aliphatic rings. The molecule has 6 nitrogen and oxygen atoms in total. The lowest BCUT2D eigenvalue weighted by molar-refractivity contribution is -0.165. The number of nitrogens with zero attached hydrogens (tertiary/aromatic N) is 3. The molecule has 2 amide bonds. The summed E-state index contributed by atoms with van der Waals surface area (Å²) in [4.78, 5) is 29.9. The van der Waals surface area contributed by atoms with E-state index in [4.69, 9.17) is 4.74 Å². The molecule has 2 saturated heterocycles. The van der Waals surface area contributed by atoms with Crippen molar-refractivity contribution < 1.29 is 14.3 Å². The van der Waals surface area contributed by atoms with Crippen molar-refractivity contribution in [2.24, 2.45) is 0 Å². The highest BCUT2D eigenvalue weighted by molar-refractivity contribution is 5.76. The van der Waals surface area contributed by atoms with E-state index in [1.54, 1.807) is 6.92 Å². The first-order chi connectivity index (χ1) is 10.4. The van der Waals surface area contributed by atoms with Gasteiger partial charge < -0.3 is 19.4 Å². The Bertz CT molecular complexity index is 409. The van der Waals surface area contributed by atoms with Gasteiger partial charge in [-0.15, -0.1) is 0 Å². The molecule has 1 spiro atoms. The van der Waals surface area contributed by atoms with Crippen LogP contribution in [-0.4, -0.2) is 85.5 Å². The summed E-state index contributed by atoms with van der Waals surface area (Å²) in [6, 6.07) is 0. The number of hydrogen-bond donors (Lipinski definition) is 0. The van der Waals surface area contributed by atoms with Crippen molar-refractivity contribution in [2.45, 2.75) is 38.2 Å². The first-order valence-electron chi connectivity index (χ1n) is 8.24. The predicted molar refractivity (Wildman–Crippen MR) is 84.5 cm³/mol. The zero-order valence-corrected chi connectivity index (χ0v) is 14.1. The minimum atomic E-state index is -0.348. The fraction of sp³-hybridized carbons (Fsp3) is 0.875. The molecule has 0 aliphatic carbocycles. The van der Waals surface area contributed by atoms with Crippen LogP contribution in [0, 0.1) is 0 Å². The zero-order chi connectivity index (χ0) is 16.2. The summed E-state index contributed by atoms with van der Waals surface area (Å²) in [5, 5.41) is 0. The lowest BCUT2D eigenvalue weighted by Gasteiger charge is -2.47. The lowest BCUT2D eigenvalue weighted by Crippen LogP contribution is -2.61. The fourth-order valence-electron chi connectivity index (χ4n) is 3.38. The zero-order valence-electron chi connectivity index (χ0n) is 14.1. The Morgan fingerprint density at radius 2 is 1.91 bits per heavy atom. The minimum Gasteiger partial charge on any atom is -0.369 e. The van der Waals surface area contributed by atoms with Crippen LogP contribution in [0.15, 0.2) is 0 Å². The molecular formula is C16H29N3O3. The normalized spacial score (nSPS) is 25.8. The number of piperidine rings is 1. The van der Waals surface area contributed by atoms with Gasteiger partial charge in [-0.25, -0.2) is 0 Å². The van der Waals surface area contributed by atoms with Crippen LogP contribution in [0.2, 0.25) is 0 Å². The Morgan fingerprint density at radius 3 is 2.59 bits per heavy atom. The van der Waals surface area contributed by atoms with Gasteiger partial charge in [0, 0.05) is 26.4 Å². The van der Waals surface area contributed by atoms with Gasteiger partial charge >= 0.3 is 0 Å². The van der Waals surface area contributed by atoms with Crippen molar-refractivity contribution in [1.82, 2.24) is 14.7 Å².